The lowest BCUT2D eigenvalue weighted by Crippen LogP contribution is -2.49. The third-order valence-corrected chi connectivity index (χ3v) is 2.91. The standard InChI is InChI=1S/C11H24N2O2/c1-5-6-8-13(4)9-7-11(2,12-3)10(14)15/h12H,5-9H2,1-4H3,(H,14,15). The van der Waals surface area contributed by atoms with Crippen molar-refractivity contribution in [3.63, 3.8) is 0 Å². The lowest BCUT2D eigenvalue weighted by atomic mass is 9.98. The first-order valence-electron chi connectivity index (χ1n) is 5.57. The molecule has 2 N–H and O–H groups in total. The fraction of sp³-hybridized carbons (Fsp3) is 0.909. The van der Waals surface area contributed by atoms with Gasteiger partial charge in [0, 0.05) is 6.54 Å². The molecule has 0 fully saturated rings. The second-order valence-corrected chi connectivity index (χ2v) is 4.29. The molecule has 1 atom stereocenters. The first-order valence-corrected chi connectivity index (χ1v) is 5.57. The van der Waals surface area contributed by atoms with Crippen molar-refractivity contribution in [2.75, 3.05) is 27.2 Å². The summed E-state index contributed by atoms with van der Waals surface area (Å²) in [7, 11) is 3.73. The Morgan fingerprint density at radius 1 is 1.47 bits per heavy atom. The van der Waals surface area contributed by atoms with E-state index in [4.69, 9.17) is 5.11 Å². The van der Waals surface area contributed by atoms with Crippen molar-refractivity contribution >= 4 is 5.97 Å². The van der Waals surface area contributed by atoms with E-state index >= 15 is 0 Å². The van der Waals surface area contributed by atoms with E-state index < -0.39 is 11.5 Å². The molecule has 0 aromatic rings. The molecular weight excluding hydrogens is 192 g/mol. The van der Waals surface area contributed by atoms with Gasteiger partial charge in [0.2, 0.25) is 0 Å². The summed E-state index contributed by atoms with van der Waals surface area (Å²) in [6, 6.07) is 0. The van der Waals surface area contributed by atoms with Crippen LogP contribution in [0.1, 0.15) is 33.1 Å². The Kier molecular flexibility index (Phi) is 6.52. The normalized spacial score (nSPS) is 15.3. The monoisotopic (exact) mass is 216 g/mol. The van der Waals surface area contributed by atoms with Gasteiger partial charge in [-0.1, -0.05) is 13.3 Å². The van der Waals surface area contributed by atoms with Crippen LogP contribution < -0.4 is 5.32 Å². The van der Waals surface area contributed by atoms with Crippen molar-refractivity contribution in [2.24, 2.45) is 0 Å². The molecule has 0 radical (unpaired) electrons. The average molecular weight is 216 g/mol. The minimum atomic E-state index is -0.805. The fourth-order valence-electron chi connectivity index (χ4n) is 1.29. The lowest BCUT2D eigenvalue weighted by Gasteiger charge is -2.27. The molecule has 0 aromatic heterocycles. The SMILES string of the molecule is CCCCN(C)CCC(C)(NC)C(=O)O. The number of aliphatic carboxylic acids is 1. The maximum Gasteiger partial charge on any atom is 0.323 e. The average Bonchev–Trinajstić information content (AvgIpc) is 2.22. The molecule has 0 amide bonds. The maximum absolute atomic E-state index is 11.0. The summed E-state index contributed by atoms with van der Waals surface area (Å²) in [5.74, 6) is -0.783. The minimum Gasteiger partial charge on any atom is -0.480 e. The highest BCUT2D eigenvalue weighted by Gasteiger charge is 2.30. The van der Waals surface area contributed by atoms with Crippen LogP contribution >= 0.6 is 0 Å². The van der Waals surface area contributed by atoms with Crippen LogP contribution in [-0.4, -0.2) is 48.7 Å². The Hall–Kier alpha value is -0.610. The van der Waals surface area contributed by atoms with E-state index in [9.17, 15) is 4.79 Å². The molecule has 4 nitrogen and oxygen atoms in total. The summed E-state index contributed by atoms with van der Waals surface area (Å²) >= 11 is 0. The summed E-state index contributed by atoms with van der Waals surface area (Å²) in [6.07, 6.45) is 2.96. The molecule has 0 saturated carbocycles. The van der Waals surface area contributed by atoms with Crippen LogP contribution in [0.3, 0.4) is 0 Å². The number of unbranched alkanes of at least 4 members (excludes halogenated alkanes) is 1. The summed E-state index contributed by atoms with van der Waals surface area (Å²) in [4.78, 5) is 13.2. The molecule has 0 spiro atoms. The van der Waals surface area contributed by atoms with E-state index in [1.54, 1.807) is 14.0 Å². The van der Waals surface area contributed by atoms with E-state index in [2.05, 4.69) is 17.1 Å². The van der Waals surface area contributed by atoms with Crippen molar-refractivity contribution in [3.8, 4) is 0 Å². The van der Waals surface area contributed by atoms with Crippen molar-refractivity contribution < 1.29 is 9.90 Å². The van der Waals surface area contributed by atoms with Crippen LogP contribution in [0.2, 0.25) is 0 Å². The smallest absolute Gasteiger partial charge is 0.323 e. The predicted molar refractivity (Wildman–Crippen MR) is 62.1 cm³/mol. The second kappa shape index (κ2) is 6.80. The van der Waals surface area contributed by atoms with E-state index in [-0.39, 0.29) is 0 Å². The van der Waals surface area contributed by atoms with Crippen molar-refractivity contribution in [1.82, 2.24) is 10.2 Å². The number of nitrogens with one attached hydrogen (secondary N) is 1. The number of carbonyl (C=O) groups is 1. The van der Waals surface area contributed by atoms with Gasteiger partial charge < -0.3 is 15.3 Å². The molecule has 0 heterocycles. The third kappa shape index (κ3) is 5.14. The van der Waals surface area contributed by atoms with Crippen LogP contribution in [-0.2, 0) is 4.79 Å². The Morgan fingerprint density at radius 2 is 2.07 bits per heavy atom. The number of carboxylic acid groups (broad SMARTS) is 1. The molecule has 0 saturated heterocycles. The van der Waals surface area contributed by atoms with Crippen molar-refractivity contribution in [1.29, 1.82) is 0 Å². The van der Waals surface area contributed by atoms with Gasteiger partial charge in [-0.15, -0.1) is 0 Å². The maximum atomic E-state index is 11.0. The largest absolute Gasteiger partial charge is 0.480 e. The zero-order chi connectivity index (χ0) is 11.9. The number of likely N-dealkylation sites (N-methyl/N-ethyl adjacent to an activating group) is 1. The highest BCUT2D eigenvalue weighted by molar-refractivity contribution is 5.78. The number of nitrogens with zero attached hydrogens (tertiary/aromatic N) is 1. The molecule has 15 heavy (non-hydrogen) atoms. The van der Waals surface area contributed by atoms with Crippen LogP contribution in [0.4, 0.5) is 0 Å². The quantitative estimate of drug-likeness (QED) is 0.639. The van der Waals surface area contributed by atoms with Gasteiger partial charge in [-0.2, -0.15) is 0 Å². The first-order chi connectivity index (χ1) is 6.96. The van der Waals surface area contributed by atoms with E-state index in [0.717, 1.165) is 13.1 Å². The molecule has 1 unspecified atom stereocenters. The zero-order valence-electron chi connectivity index (χ0n) is 10.3. The Bertz CT molecular complexity index is 197. The fourth-order valence-corrected chi connectivity index (χ4v) is 1.29. The van der Waals surface area contributed by atoms with Gasteiger partial charge in [-0.3, -0.25) is 4.79 Å². The van der Waals surface area contributed by atoms with Gasteiger partial charge in [0.05, 0.1) is 0 Å². The van der Waals surface area contributed by atoms with Gasteiger partial charge in [0.1, 0.15) is 5.54 Å². The van der Waals surface area contributed by atoms with Crippen molar-refractivity contribution in [3.05, 3.63) is 0 Å². The molecule has 0 bridgehead atoms. The Balaban J connectivity index is 3.95. The highest BCUT2D eigenvalue weighted by Crippen LogP contribution is 2.10. The molecular formula is C11H24N2O2. The van der Waals surface area contributed by atoms with E-state index in [0.29, 0.717) is 6.42 Å². The second-order valence-electron chi connectivity index (χ2n) is 4.29. The van der Waals surface area contributed by atoms with Gasteiger partial charge in [-0.05, 0) is 40.4 Å². The number of hydrogen-bond acceptors (Lipinski definition) is 3. The highest BCUT2D eigenvalue weighted by atomic mass is 16.4. The van der Waals surface area contributed by atoms with Crippen molar-refractivity contribution in [2.45, 2.75) is 38.6 Å². The first kappa shape index (κ1) is 14.4. The molecule has 0 aromatic carbocycles. The molecule has 90 valence electrons. The summed E-state index contributed by atoms with van der Waals surface area (Å²) in [5.41, 5.74) is -0.805. The molecule has 0 aliphatic heterocycles. The zero-order valence-corrected chi connectivity index (χ0v) is 10.3. The predicted octanol–water partition coefficient (Wildman–Crippen LogP) is 1.17. The van der Waals surface area contributed by atoms with Crippen LogP contribution in [0.15, 0.2) is 0 Å². The van der Waals surface area contributed by atoms with Gasteiger partial charge >= 0.3 is 5.97 Å². The summed E-state index contributed by atoms with van der Waals surface area (Å²) in [5, 5.41) is 11.9. The molecule has 4 heteroatoms. The topological polar surface area (TPSA) is 52.6 Å². The molecule has 0 rings (SSSR count). The van der Waals surface area contributed by atoms with E-state index in [1.165, 1.54) is 12.8 Å². The Labute approximate surface area is 92.7 Å². The number of carboxylic acids is 1. The Morgan fingerprint density at radius 3 is 2.47 bits per heavy atom. The number of rotatable bonds is 8. The lowest BCUT2D eigenvalue weighted by molar-refractivity contribution is -0.144. The minimum absolute atomic E-state index is 0.624. The number of hydrogen-bond donors (Lipinski definition) is 2. The molecule has 0 aliphatic carbocycles. The van der Waals surface area contributed by atoms with Gasteiger partial charge in [-0.25, -0.2) is 0 Å². The van der Waals surface area contributed by atoms with Crippen LogP contribution in [0.5, 0.6) is 0 Å². The van der Waals surface area contributed by atoms with Crippen LogP contribution in [0, 0.1) is 0 Å². The summed E-state index contributed by atoms with van der Waals surface area (Å²) in [6.45, 7) is 5.73. The van der Waals surface area contributed by atoms with E-state index in [1.807, 2.05) is 7.05 Å². The van der Waals surface area contributed by atoms with Crippen LogP contribution in [0.25, 0.3) is 0 Å². The molecule has 0 aliphatic rings. The van der Waals surface area contributed by atoms with Gasteiger partial charge in [0.15, 0.2) is 0 Å². The van der Waals surface area contributed by atoms with Gasteiger partial charge in [0.25, 0.3) is 0 Å². The third-order valence-electron chi connectivity index (χ3n) is 2.91. The summed E-state index contributed by atoms with van der Waals surface area (Å²) < 4.78 is 0.